The van der Waals surface area contributed by atoms with Crippen LogP contribution in [-0.2, 0) is 9.84 Å². The zero-order valence-electron chi connectivity index (χ0n) is 9.15. The monoisotopic (exact) mass is 248 g/mol. The molecule has 0 saturated heterocycles. The van der Waals surface area contributed by atoms with E-state index in [-0.39, 0.29) is 17.3 Å². The van der Waals surface area contributed by atoms with Gasteiger partial charge in [0.15, 0.2) is 21.5 Å². The predicted octanol–water partition coefficient (Wildman–Crippen LogP) is 0.315. The minimum Gasteiger partial charge on any atom is -0.306 e. The number of hydrazine groups is 1. The Balaban J connectivity index is 3.32. The number of rotatable bonds is 3. The molecule has 0 radical (unpaired) electrons. The fourth-order valence-electron chi connectivity index (χ4n) is 1.05. The number of halogens is 1. The van der Waals surface area contributed by atoms with Gasteiger partial charge in [0, 0.05) is 6.26 Å². The highest BCUT2D eigenvalue weighted by molar-refractivity contribution is 7.90. The van der Waals surface area contributed by atoms with Crippen LogP contribution < -0.4 is 11.3 Å². The number of hydrogen-bond acceptors (Lipinski definition) is 6. The van der Waals surface area contributed by atoms with Crippen molar-refractivity contribution in [3.63, 3.8) is 0 Å². The smallest absolute Gasteiger partial charge is 0.187 e. The summed E-state index contributed by atoms with van der Waals surface area (Å²) in [5, 5.41) is -0.904. The predicted molar refractivity (Wildman–Crippen MR) is 57.8 cm³/mol. The zero-order chi connectivity index (χ0) is 12.5. The summed E-state index contributed by atoms with van der Waals surface area (Å²) >= 11 is 0. The average Bonchev–Trinajstić information content (AvgIpc) is 2.19. The SMILES string of the molecule is Cc1nc(C(C)S(C)(=O)=O)nc(NN)c1F. The Morgan fingerprint density at radius 1 is 1.44 bits per heavy atom. The standard InChI is InChI=1S/C8H13FN4O2S/c1-4-6(9)8(13-10)12-7(11-4)5(2)16(3,14)15/h5H,10H2,1-3H3,(H,11,12,13). The molecule has 6 nitrogen and oxygen atoms in total. The molecule has 0 spiro atoms. The van der Waals surface area contributed by atoms with Gasteiger partial charge in [0.25, 0.3) is 0 Å². The Labute approximate surface area is 93.0 Å². The van der Waals surface area contributed by atoms with Crippen LogP contribution in [0.1, 0.15) is 23.7 Å². The molecule has 0 aromatic carbocycles. The highest BCUT2D eigenvalue weighted by atomic mass is 32.2. The third-order valence-corrected chi connectivity index (χ3v) is 3.67. The van der Waals surface area contributed by atoms with Crippen LogP contribution in [0.15, 0.2) is 0 Å². The van der Waals surface area contributed by atoms with Gasteiger partial charge in [0.2, 0.25) is 0 Å². The van der Waals surface area contributed by atoms with Crippen molar-refractivity contribution in [3.05, 3.63) is 17.3 Å². The number of aryl methyl sites for hydroxylation is 1. The van der Waals surface area contributed by atoms with Crippen LogP contribution in [0.3, 0.4) is 0 Å². The molecule has 0 saturated carbocycles. The third kappa shape index (κ3) is 2.45. The molecule has 90 valence electrons. The van der Waals surface area contributed by atoms with Gasteiger partial charge in [-0.25, -0.2) is 28.6 Å². The molecule has 3 N–H and O–H groups in total. The van der Waals surface area contributed by atoms with Gasteiger partial charge in [-0.05, 0) is 13.8 Å². The van der Waals surface area contributed by atoms with Crippen LogP contribution in [0.4, 0.5) is 10.2 Å². The fraction of sp³-hybridized carbons (Fsp3) is 0.500. The number of sulfone groups is 1. The topological polar surface area (TPSA) is 98.0 Å². The van der Waals surface area contributed by atoms with Crippen molar-refractivity contribution in [1.29, 1.82) is 0 Å². The minimum absolute atomic E-state index is 0.0225. The molecule has 0 aliphatic carbocycles. The second-order valence-corrected chi connectivity index (χ2v) is 5.81. The molecular weight excluding hydrogens is 235 g/mol. The quantitative estimate of drug-likeness (QED) is 0.590. The molecule has 0 amide bonds. The van der Waals surface area contributed by atoms with Crippen molar-refractivity contribution in [2.75, 3.05) is 11.7 Å². The largest absolute Gasteiger partial charge is 0.306 e. The molecule has 1 rings (SSSR count). The van der Waals surface area contributed by atoms with Crippen molar-refractivity contribution >= 4 is 15.7 Å². The van der Waals surface area contributed by atoms with Gasteiger partial charge in [0.05, 0.1) is 5.69 Å². The summed E-state index contributed by atoms with van der Waals surface area (Å²) in [7, 11) is -3.33. The molecule has 0 bridgehead atoms. The van der Waals surface area contributed by atoms with E-state index in [1.165, 1.54) is 13.8 Å². The van der Waals surface area contributed by atoms with E-state index in [1.54, 1.807) is 0 Å². The summed E-state index contributed by atoms with van der Waals surface area (Å²) in [6.07, 6.45) is 1.06. The molecule has 1 aromatic rings. The van der Waals surface area contributed by atoms with E-state index in [9.17, 15) is 12.8 Å². The van der Waals surface area contributed by atoms with E-state index >= 15 is 0 Å². The summed E-state index contributed by atoms with van der Waals surface area (Å²) in [5.41, 5.74) is 2.11. The first-order valence-electron chi connectivity index (χ1n) is 4.47. The second kappa shape index (κ2) is 4.30. The molecule has 0 fully saturated rings. The Kier molecular flexibility index (Phi) is 3.44. The van der Waals surface area contributed by atoms with Crippen LogP contribution in [-0.4, -0.2) is 24.6 Å². The average molecular weight is 248 g/mol. The van der Waals surface area contributed by atoms with Crippen molar-refractivity contribution in [3.8, 4) is 0 Å². The van der Waals surface area contributed by atoms with Gasteiger partial charge in [-0.2, -0.15) is 0 Å². The third-order valence-electron chi connectivity index (χ3n) is 2.18. The van der Waals surface area contributed by atoms with E-state index in [4.69, 9.17) is 5.84 Å². The summed E-state index contributed by atoms with van der Waals surface area (Å²) in [6.45, 7) is 2.85. The summed E-state index contributed by atoms with van der Waals surface area (Å²) in [4.78, 5) is 7.50. The van der Waals surface area contributed by atoms with E-state index in [1.807, 2.05) is 0 Å². The molecule has 8 heteroatoms. The van der Waals surface area contributed by atoms with Gasteiger partial charge in [-0.15, -0.1) is 0 Å². The number of nitrogen functional groups attached to an aromatic ring is 1. The van der Waals surface area contributed by atoms with Crippen molar-refractivity contribution in [2.24, 2.45) is 5.84 Å². The lowest BCUT2D eigenvalue weighted by molar-refractivity contribution is 0.581. The molecule has 16 heavy (non-hydrogen) atoms. The van der Waals surface area contributed by atoms with Gasteiger partial charge in [-0.3, -0.25) is 0 Å². The minimum atomic E-state index is -3.33. The van der Waals surface area contributed by atoms with Crippen LogP contribution in [0, 0.1) is 12.7 Å². The zero-order valence-corrected chi connectivity index (χ0v) is 9.97. The number of aromatic nitrogens is 2. The number of nitrogens with zero attached hydrogens (tertiary/aromatic N) is 2. The maximum Gasteiger partial charge on any atom is 0.187 e. The molecular formula is C8H13FN4O2S. The lowest BCUT2D eigenvalue weighted by Gasteiger charge is -2.11. The van der Waals surface area contributed by atoms with Crippen molar-refractivity contribution < 1.29 is 12.8 Å². The van der Waals surface area contributed by atoms with Gasteiger partial charge >= 0.3 is 0 Å². The Hall–Kier alpha value is -1.28. The van der Waals surface area contributed by atoms with Crippen molar-refractivity contribution in [2.45, 2.75) is 19.1 Å². The Bertz CT molecular complexity index is 503. The summed E-state index contributed by atoms with van der Waals surface area (Å²) in [5.74, 6) is 4.19. The van der Waals surface area contributed by atoms with Crippen LogP contribution in [0.25, 0.3) is 0 Å². The number of hydrogen-bond donors (Lipinski definition) is 2. The molecule has 1 aromatic heterocycles. The first-order valence-corrected chi connectivity index (χ1v) is 6.42. The molecule has 1 unspecified atom stereocenters. The first-order chi connectivity index (χ1) is 7.27. The highest BCUT2D eigenvalue weighted by Crippen LogP contribution is 2.21. The van der Waals surface area contributed by atoms with E-state index < -0.39 is 20.9 Å². The normalized spacial score (nSPS) is 13.6. The number of nitrogens with two attached hydrogens (primary N) is 1. The van der Waals surface area contributed by atoms with Crippen LogP contribution >= 0.6 is 0 Å². The van der Waals surface area contributed by atoms with Crippen LogP contribution in [0.5, 0.6) is 0 Å². The van der Waals surface area contributed by atoms with Gasteiger partial charge in [-0.1, -0.05) is 0 Å². The van der Waals surface area contributed by atoms with Crippen LogP contribution in [0.2, 0.25) is 0 Å². The Morgan fingerprint density at radius 2 is 2.00 bits per heavy atom. The van der Waals surface area contributed by atoms with E-state index in [0.29, 0.717) is 0 Å². The van der Waals surface area contributed by atoms with E-state index in [0.717, 1.165) is 6.26 Å². The maximum atomic E-state index is 13.3. The number of anilines is 1. The molecule has 1 heterocycles. The second-order valence-electron chi connectivity index (χ2n) is 3.45. The summed E-state index contributed by atoms with van der Waals surface area (Å²) < 4.78 is 35.9. The molecule has 0 aliphatic rings. The van der Waals surface area contributed by atoms with Crippen molar-refractivity contribution in [1.82, 2.24) is 9.97 Å². The lowest BCUT2D eigenvalue weighted by Crippen LogP contribution is -2.17. The lowest BCUT2D eigenvalue weighted by atomic mass is 10.3. The molecule has 1 atom stereocenters. The summed E-state index contributed by atoms with van der Waals surface area (Å²) in [6, 6.07) is 0. The van der Waals surface area contributed by atoms with Gasteiger partial charge < -0.3 is 5.43 Å². The maximum absolute atomic E-state index is 13.3. The Morgan fingerprint density at radius 3 is 2.44 bits per heavy atom. The number of nitrogens with one attached hydrogen (secondary N) is 1. The van der Waals surface area contributed by atoms with Gasteiger partial charge in [0.1, 0.15) is 11.1 Å². The van der Waals surface area contributed by atoms with E-state index in [2.05, 4.69) is 15.4 Å². The fourth-order valence-corrected chi connectivity index (χ4v) is 1.54. The first kappa shape index (κ1) is 12.8. The molecule has 0 aliphatic heterocycles. The highest BCUT2D eigenvalue weighted by Gasteiger charge is 2.22.